The number of benzene rings is 1. The Bertz CT molecular complexity index is 884. The van der Waals surface area contributed by atoms with E-state index in [1.807, 2.05) is 0 Å². The molecule has 0 amide bonds. The van der Waals surface area contributed by atoms with E-state index in [2.05, 4.69) is 32.0 Å². The van der Waals surface area contributed by atoms with Crippen molar-refractivity contribution in [3.05, 3.63) is 41.5 Å². The van der Waals surface area contributed by atoms with Gasteiger partial charge in [-0.2, -0.15) is 0 Å². The molecule has 1 aliphatic heterocycles. The molecule has 3 heteroatoms. The summed E-state index contributed by atoms with van der Waals surface area (Å²) in [5.41, 5.74) is 5.07. The van der Waals surface area contributed by atoms with Crippen molar-refractivity contribution < 1.29 is 14.2 Å². The summed E-state index contributed by atoms with van der Waals surface area (Å²) in [6.07, 6.45) is 8.64. The molecule has 156 valence electrons. The second-order valence-corrected chi connectivity index (χ2v) is 10.7. The molecule has 0 radical (unpaired) electrons. The van der Waals surface area contributed by atoms with Crippen LogP contribution in [0.1, 0.15) is 69.4 Å². The first-order valence-corrected chi connectivity index (χ1v) is 11.5. The van der Waals surface area contributed by atoms with Crippen molar-refractivity contribution in [3.63, 3.8) is 0 Å². The van der Waals surface area contributed by atoms with Crippen LogP contribution in [0.25, 0.3) is 0 Å². The number of rotatable bonds is 2. The number of aryl methyl sites for hydroxylation is 1. The van der Waals surface area contributed by atoms with E-state index in [1.54, 1.807) is 12.7 Å². The van der Waals surface area contributed by atoms with Gasteiger partial charge in [-0.05, 0) is 97.8 Å². The molecule has 5 atom stereocenters. The van der Waals surface area contributed by atoms with Crippen LogP contribution in [0.15, 0.2) is 30.4 Å². The lowest BCUT2D eigenvalue weighted by Gasteiger charge is -2.59. The summed E-state index contributed by atoms with van der Waals surface area (Å²) in [5, 5.41) is 0. The van der Waals surface area contributed by atoms with Crippen LogP contribution in [0, 0.1) is 22.2 Å². The zero-order chi connectivity index (χ0) is 20.1. The van der Waals surface area contributed by atoms with E-state index in [4.69, 9.17) is 20.8 Å². The summed E-state index contributed by atoms with van der Waals surface area (Å²) in [6.45, 7) is 10.9. The summed E-state index contributed by atoms with van der Waals surface area (Å²) < 4.78 is 18.2. The molecule has 3 saturated carbocycles. The van der Waals surface area contributed by atoms with E-state index in [9.17, 15) is 0 Å². The monoisotopic (exact) mass is 394 g/mol. The fourth-order valence-corrected chi connectivity index (χ4v) is 9.25. The van der Waals surface area contributed by atoms with Gasteiger partial charge in [-0.3, -0.25) is 0 Å². The molecular weight excluding hydrogens is 360 g/mol. The maximum absolute atomic E-state index is 6.35. The van der Waals surface area contributed by atoms with Crippen molar-refractivity contribution in [2.24, 2.45) is 22.2 Å². The van der Waals surface area contributed by atoms with Gasteiger partial charge in [0, 0.05) is 0 Å². The zero-order valence-corrected chi connectivity index (χ0v) is 18.2. The van der Waals surface area contributed by atoms with Crippen LogP contribution in [0.3, 0.4) is 0 Å². The minimum atomic E-state index is -0.496. The Balaban J connectivity index is 1.45. The lowest BCUT2D eigenvalue weighted by molar-refractivity contribution is -0.245. The highest BCUT2D eigenvalue weighted by molar-refractivity contribution is 5.45. The minimum Gasteiger partial charge on any atom is -0.497 e. The number of fused-ring (bicyclic) bond motifs is 3. The molecule has 4 aliphatic carbocycles. The van der Waals surface area contributed by atoms with E-state index in [-0.39, 0.29) is 10.8 Å². The van der Waals surface area contributed by atoms with E-state index in [1.165, 1.54) is 56.1 Å². The molecule has 1 aromatic rings. The maximum atomic E-state index is 6.35. The Labute approximate surface area is 174 Å². The molecule has 4 fully saturated rings. The average molecular weight is 395 g/mol. The van der Waals surface area contributed by atoms with Gasteiger partial charge in [0.15, 0.2) is 5.79 Å². The van der Waals surface area contributed by atoms with Gasteiger partial charge in [-0.25, -0.2) is 0 Å². The Kier molecular flexibility index (Phi) is 3.61. The lowest BCUT2D eigenvalue weighted by Crippen LogP contribution is -2.57. The summed E-state index contributed by atoms with van der Waals surface area (Å²) in [6, 6.07) is 6.81. The molecule has 0 N–H and O–H groups in total. The number of hydrogen-bond acceptors (Lipinski definition) is 3. The van der Waals surface area contributed by atoms with Gasteiger partial charge >= 0.3 is 0 Å². The average Bonchev–Trinajstić information content (AvgIpc) is 3.34. The molecule has 1 unspecified atom stereocenters. The van der Waals surface area contributed by atoms with Gasteiger partial charge in [-0.1, -0.05) is 25.1 Å². The molecule has 3 nitrogen and oxygen atoms in total. The molecule has 1 heterocycles. The number of ether oxygens (including phenoxy) is 3. The molecule has 0 spiro atoms. The minimum absolute atomic E-state index is 0.0261. The molecule has 0 aromatic heterocycles. The predicted molar refractivity (Wildman–Crippen MR) is 113 cm³/mol. The topological polar surface area (TPSA) is 27.7 Å². The largest absolute Gasteiger partial charge is 0.497 e. The van der Waals surface area contributed by atoms with E-state index < -0.39 is 5.79 Å². The summed E-state index contributed by atoms with van der Waals surface area (Å²) in [7, 11) is 1.77. The molecule has 29 heavy (non-hydrogen) atoms. The highest BCUT2D eigenvalue weighted by Crippen LogP contribution is 2.84. The molecule has 1 saturated heterocycles. The van der Waals surface area contributed by atoms with Crippen molar-refractivity contribution in [3.8, 4) is 5.75 Å². The molecule has 2 bridgehead atoms. The van der Waals surface area contributed by atoms with Crippen LogP contribution < -0.4 is 4.74 Å². The van der Waals surface area contributed by atoms with Gasteiger partial charge in [0.2, 0.25) is 0 Å². The lowest BCUT2D eigenvalue weighted by atomic mass is 9.46. The summed E-state index contributed by atoms with van der Waals surface area (Å²) in [5.74, 6) is 1.92. The van der Waals surface area contributed by atoms with E-state index >= 15 is 0 Å². The van der Waals surface area contributed by atoms with Crippen LogP contribution in [0.2, 0.25) is 0 Å². The Morgan fingerprint density at radius 3 is 2.59 bits per heavy atom. The van der Waals surface area contributed by atoms with Crippen LogP contribution in [-0.2, 0) is 15.9 Å². The first-order valence-electron chi connectivity index (χ1n) is 11.5. The quantitative estimate of drug-likeness (QED) is 0.608. The maximum Gasteiger partial charge on any atom is 0.175 e. The smallest absolute Gasteiger partial charge is 0.175 e. The summed E-state index contributed by atoms with van der Waals surface area (Å²) >= 11 is 0. The van der Waals surface area contributed by atoms with Gasteiger partial charge in [0.25, 0.3) is 0 Å². The third kappa shape index (κ3) is 1.89. The molecular formula is C26H34O3. The number of methoxy groups -OCH3 is 1. The second-order valence-electron chi connectivity index (χ2n) is 10.7. The third-order valence-corrected chi connectivity index (χ3v) is 10.4. The van der Waals surface area contributed by atoms with Gasteiger partial charge in [-0.15, -0.1) is 0 Å². The van der Waals surface area contributed by atoms with E-state index in [0.29, 0.717) is 11.3 Å². The second kappa shape index (κ2) is 5.68. The number of hydrogen-bond donors (Lipinski definition) is 0. The van der Waals surface area contributed by atoms with Crippen LogP contribution in [0.5, 0.6) is 5.75 Å². The van der Waals surface area contributed by atoms with Crippen molar-refractivity contribution in [2.45, 2.75) is 70.5 Å². The first-order chi connectivity index (χ1) is 13.9. The van der Waals surface area contributed by atoms with Gasteiger partial charge < -0.3 is 14.2 Å². The van der Waals surface area contributed by atoms with Gasteiger partial charge in [0.05, 0.1) is 25.7 Å². The standard InChI is InChI=1S/C26H34O3/c1-17-16-25-11-12-26(17,24(3)28-13-14-29-24)23(25,2)10-9-21-20-7-6-19(27-4)15-18(20)5-8-22(21)25/h6-7,15,21-22H,1,5,8-14,16H2,2-4H3/t21-,22-,23+,25?,26+/m1/s1. The van der Waals surface area contributed by atoms with E-state index in [0.717, 1.165) is 24.9 Å². The fraction of sp³-hybridized carbons (Fsp3) is 0.692. The molecule has 5 aliphatic rings. The third-order valence-electron chi connectivity index (χ3n) is 10.4. The predicted octanol–water partition coefficient (Wildman–Crippen LogP) is 5.63. The molecule has 1 aromatic carbocycles. The zero-order valence-electron chi connectivity index (χ0n) is 18.2. The Morgan fingerprint density at radius 2 is 1.86 bits per heavy atom. The van der Waals surface area contributed by atoms with Crippen molar-refractivity contribution in [2.75, 3.05) is 20.3 Å². The Hall–Kier alpha value is -1.32. The summed E-state index contributed by atoms with van der Waals surface area (Å²) in [4.78, 5) is 0. The van der Waals surface area contributed by atoms with Gasteiger partial charge in [0.1, 0.15) is 5.75 Å². The normalized spacial score (nSPS) is 44.3. The van der Waals surface area contributed by atoms with Crippen LogP contribution >= 0.6 is 0 Å². The van der Waals surface area contributed by atoms with Crippen molar-refractivity contribution >= 4 is 0 Å². The first kappa shape index (κ1) is 18.4. The van der Waals surface area contributed by atoms with Crippen LogP contribution in [-0.4, -0.2) is 26.1 Å². The van der Waals surface area contributed by atoms with Crippen LogP contribution in [0.4, 0.5) is 0 Å². The Morgan fingerprint density at radius 1 is 1.07 bits per heavy atom. The van der Waals surface area contributed by atoms with Crippen molar-refractivity contribution in [1.29, 1.82) is 0 Å². The fourth-order valence-electron chi connectivity index (χ4n) is 9.25. The molecule has 6 rings (SSSR count). The SMILES string of the molecule is C=C1CC23CC[C@@]1(C1(C)OCCO1)[C@@]2(C)CC[C@@H]1c2ccc(OC)cc2CC[C@H]13. The highest BCUT2D eigenvalue weighted by atomic mass is 16.7. The van der Waals surface area contributed by atoms with Crippen molar-refractivity contribution in [1.82, 2.24) is 0 Å². The highest BCUT2D eigenvalue weighted by Gasteiger charge is 2.80.